The number of ether oxygens (including phenoxy) is 1. The zero-order valence-corrected chi connectivity index (χ0v) is 12.9. The van der Waals surface area contributed by atoms with E-state index in [1.54, 1.807) is 0 Å². The molecule has 0 aromatic heterocycles. The number of nitrogens with zero attached hydrogens (tertiary/aromatic N) is 1. The number of carbonyl (C=O) groups excluding carboxylic acids is 1. The summed E-state index contributed by atoms with van der Waals surface area (Å²) < 4.78 is 5.45. The topological polar surface area (TPSA) is 50.7 Å². The summed E-state index contributed by atoms with van der Waals surface area (Å²) in [6.07, 6.45) is 5.45. The lowest BCUT2D eigenvalue weighted by atomic mass is 10.0. The Balaban J connectivity index is 1.78. The van der Waals surface area contributed by atoms with Crippen molar-refractivity contribution in [3.8, 4) is 5.75 Å². The fourth-order valence-electron chi connectivity index (χ4n) is 2.62. The molecule has 1 aromatic rings. The largest absolute Gasteiger partial charge is 0.484 e. The Kier molecular flexibility index (Phi) is 5.78. The van der Waals surface area contributed by atoms with Gasteiger partial charge in [0.1, 0.15) is 5.75 Å². The number of carbonyl (C=O) groups is 1. The molecule has 0 saturated heterocycles. The quantitative estimate of drug-likeness (QED) is 0.816. The molecule has 1 aliphatic rings. The maximum Gasteiger partial charge on any atom is 0.277 e. The predicted molar refractivity (Wildman–Crippen MR) is 84.5 cm³/mol. The van der Waals surface area contributed by atoms with Crippen molar-refractivity contribution in [1.29, 1.82) is 0 Å². The lowest BCUT2D eigenvalue weighted by Gasteiger charge is -2.08. The number of amides is 1. The molecule has 0 heterocycles. The first-order valence-electron chi connectivity index (χ1n) is 7.80. The Morgan fingerprint density at radius 1 is 1.33 bits per heavy atom. The summed E-state index contributed by atoms with van der Waals surface area (Å²) in [5, 5.41) is 4.25. The van der Waals surface area contributed by atoms with E-state index in [9.17, 15) is 4.79 Å². The van der Waals surface area contributed by atoms with Gasteiger partial charge in [-0.2, -0.15) is 5.10 Å². The zero-order valence-electron chi connectivity index (χ0n) is 12.9. The van der Waals surface area contributed by atoms with Gasteiger partial charge in [0.15, 0.2) is 6.61 Å². The van der Waals surface area contributed by atoms with E-state index in [1.807, 2.05) is 24.3 Å². The van der Waals surface area contributed by atoms with E-state index < -0.39 is 0 Å². The molecule has 0 radical (unpaired) electrons. The van der Waals surface area contributed by atoms with Crippen LogP contribution in [0.25, 0.3) is 0 Å². The van der Waals surface area contributed by atoms with Gasteiger partial charge in [-0.3, -0.25) is 4.79 Å². The molecule has 0 bridgehead atoms. The van der Waals surface area contributed by atoms with Gasteiger partial charge in [-0.05, 0) is 55.7 Å². The molecule has 1 fully saturated rings. The molecular weight excluding hydrogens is 264 g/mol. The lowest BCUT2D eigenvalue weighted by Crippen LogP contribution is -2.26. The van der Waals surface area contributed by atoms with Crippen LogP contribution in [0, 0.1) is 5.92 Å². The van der Waals surface area contributed by atoms with Crippen molar-refractivity contribution in [1.82, 2.24) is 5.43 Å². The van der Waals surface area contributed by atoms with Crippen LogP contribution in [-0.4, -0.2) is 18.2 Å². The highest BCUT2D eigenvalue weighted by molar-refractivity contribution is 5.89. The van der Waals surface area contributed by atoms with Crippen molar-refractivity contribution in [2.24, 2.45) is 11.0 Å². The van der Waals surface area contributed by atoms with E-state index in [0.29, 0.717) is 11.7 Å². The molecule has 2 rings (SSSR count). The van der Waals surface area contributed by atoms with Crippen LogP contribution in [0.1, 0.15) is 45.1 Å². The molecule has 114 valence electrons. The summed E-state index contributed by atoms with van der Waals surface area (Å²) in [5.74, 6) is 1.04. The Bertz CT molecular complexity index is 494. The van der Waals surface area contributed by atoms with Gasteiger partial charge in [-0.1, -0.05) is 26.0 Å². The molecule has 1 saturated carbocycles. The van der Waals surface area contributed by atoms with Gasteiger partial charge in [0.25, 0.3) is 5.91 Å². The van der Waals surface area contributed by atoms with Crippen LogP contribution in [0.15, 0.2) is 29.4 Å². The van der Waals surface area contributed by atoms with Gasteiger partial charge in [-0.25, -0.2) is 5.43 Å². The van der Waals surface area contributed by atoms with Gasteiger partial charge in [0, 0.05) is 5.71 Å². The molecule has 1 aliphatic carbocycles. The summed E-state index contributed by atoms with van der Waals surface area (Å²) in [7, 11) is 0. The number of hydrogen-bond donors (Lipinski definition) is 1. The van der Waals surface area contributed by atoms with Gasteiger partial charge in [-0.15, -0.1) is 0 Å². The minimum Gasteiger partial charge on any atom is -0.484 e. The van der Waals surface area contributed by atoms with E-state index in [2.05, 4.69) is 24.4 Å². The van der Waals surface area contributed by atoms with Crippen LogP contribution in [-0.2, 0) is 11.2 Å². The third kappa shape index (κ3) is 4.59. The molecule has 1 N–H and O–H groups in total. The van der Waals surface area contributed by atoms with Crippen molar-refractivity contribution < 1.29 is 9.53 Å². The molecule has 1 aromatic carbocycles. The Morgan fingerprint density at radius 3 is 2.76 bits per heavy atom. The highest BCUT2D eigenvalue weighted by Gasteiger charge is 2.20. The summed E-state index contributed by atoms with van der Waals surface area (Å²) in [4.78, 5) is 11.7. The number of rotatable bonds is 6. The molecule has 1 unspecified atom stereocenters. The van der Waals surface area contributed by atoms with Crippen LogP contribution in [0.5, 0.6) is 5.75 Å². The van der Waals surface area contributed by atoms with E-state index >= 15 is 0 Å². The van der Waals surface area contributed by atoms with Gasteiger partial charge >= 0.3 is 0 Å². The molecule has 1 amide bonds. The minimum atomic E-state index is -0.205. The number of nitrogens with one attached hydrogen (secondary N) is 1. The van der Waals surface area contributed by atoms with E-state index in [4.69, 9.17) is 4.74 Å². The second kappa shape index (κ2) is 7.81. The van der Waals surface area contributed by atoms with E-state index in [1.165, 1.54) is 18.4 Å². The molecule has 4 nitrogen and oxygen atoms in total. The van der Waals surface area contributed by atoms with Crippen molar-refractivity contribution >= 4 is 11.6 Å². The Labute approximate surface area is 126 Å². The van der Waals surface area contributed by atoms with Crippen molar-refractivity contribution in [3.63, 3.8) is 0 Å². The average Bonchev–Trinajstić information content (AvgIpc) is 2.99. The number of aryl methyl sites for hydroxylation is 1. The molecule has 1 atom stereocenters. The van der Waals surface area contributed by atoms with Crippen molar-refractivity contribution in [2.45, 2.75) is 46.0 Å². The SMILES string of the molecule is CCc1ccc(OCC(=O)NN=C2CCCC2CC)cc1. The Hall–Kier alpha value is -1.84. The fourth-order valence-corrected chi connectivity index (χ4v) is 2.62. The smallest absolute Gasteiger partial charge is 0.277 e. The average molecular weight is 288 g/mol. The molecule has 21 heavy (non-hydrogen) atoms. The lowest BCUT2D eigenvalue weighted by molar-refractivity contribution is -0.123. The number of hydrazone groups is 1. The van der Waals surface area contributed by atoms with Gasteiger partial charge in [0.05, 0.1) is 0 Å². The second-order valence-corrected chi connectivity index (χ2v) is 5.42. The van der Waals surface area contributed by atoms with Crippen molar-refractivity contribution in [3.05, 3.63) is 29.8 Å². The van der Waals surface area contributed by atoms with Gasteiger partial charge < -0.3 is 4.74 Å². The fraction of sp³-hybridized carbons (Fsp3) is 0.529. The first-order chi connectivity index (χ1) is 10.2. The molecule has 0 aliphatic heterocycles. The van der Waals surface area contributed by atoms with E-state index in [-0.39, 0.29) is 12.5 Å². The summed E-state index contributed by atoms with van der Waals surface area (Å²) in [5.41, 5.74) is 4.98. The standard InChI is InChI=1S/C17H24N2O2/c1-3-13-8-10-15(11-9-13)21-12-17(20)19-18-16-7-5-6-14(16)4-2/h8-11,14H,3-7,12H2,1-2H3,(H,19,20). The second-order valence-electron chi connectivity index (χ2n) is 5.42. The first kappa shape index (κ1) is 15.5. The van der Waals surface area contributed by atoms with E-state index in [0.717, 1.165) is 25.0 Å². The third-order valence-corrected chi connectivity index (χ3v) is 3.98. The highest BCUT2D eigenvalue weighted by Crippen LogP contribution is 2.24. The van der Waals surface area contributed by atoms with Crippen LogP contribution in [0.4, 0.5) is 0 Å². The number of benzene rings is 1. The monoisotopic (exact) mass is 288 g/mol. The van der Waals surface area contributed by atoms with Crippen LogP contribution >= 0.6 is 0 Å². The summed E-state index contributed by atoms with van der Waals surface area (Å²) in [6, 6.07) is 7.81. The molecule has 4 heteroatoms. The number of hydrogen-bond acceptors (Lipinski definition) is 3. The van der Waals surface area contributed by atoms with Crippen LogP contribution in [0.2, 0.25) is 0 Å². The molecule has 0 spiro atoms. The minimum absolute atomic E-state index is 0.000949. The van der Waals surface area contributed by atoms with Crippen LogP contribution in [0.3, 0.4) is 0 Å². The maximum absolute atomic E-state index is 11.7. The Morgan fingerprint density at radius 2 is 2.10 bits per heavy atom. The van der Waals surface area contributed by atoms with Gasteiger partial charge in [0.2, 0.25) is 0 Å². The predicted octanol–water partition coefficient (Wildman–Crippen LogP) is 3.31. The normalized spacial score (nSPS) is 19.7. The third-order valence-electron chi connectivity index (χ3n) is 3.98. The summed E-state index contributed by atoms with van der Waals surface area (Å²) in [6.45, 7) is 4.27. The summed E-state index contributed by atoms with van der Waals surface area (Å²) >= 11 is 0. The first-order valence-corrected chi connectivity index (χ1v) is 7.80. The maximum atomic E-state index is 11.7. The van der Waals surface area contributed by atoms with Crippen LogP contribution < -0.4 is 10.2 Å². The highest BCUT2D eigenvalue weighted by atomic mass is 16.5. The molecular formula is C17H24N2O2. The zero-order chi connectivity index (χ0) is 15.1. The van der Waals surface area contributed by atoms with Crippen molar-refractivity contribution in [2.75, 3.05) is 6.61 Å².